The van der Waals surface area contributed by atoms with E-state index in [9.17, 15) is 9.90 Å². The number of carbonyl (C=O) groups excluding carboxylic acids is 1. The Hall–Kier alpha value is -4.66. The average Bonchev–Trinajstić information content (AvgIpc) is 3.67. The number of ether oxygens (including phenoxy) is 4. The van der Waals surface area contributed by atoms with Crippen molar-refractivity contribution in [2.24, 2.45) is 5.92 Å². The number of aromatic nitrogens is 3. The van der Waals surface area contributed by atoms with Gasteiger partial charge in [-0.1, -0.05) is 89.2 Å². The second-order valence-electron chi connectivity index (χ2n) is 15.7. The molecule has 1 amide bonds. The molecule has 0 unspecified atom stereocenters. The molecule has 1 aliphatic rings. The van der Waals surface area contributed by atoms with Crippen LogP contribution in [0.3, 0.4) is 0 Å². The largest absolute Gasteiger partial charge is 0.497 e. The number of hydrogen-bond acceptors (Lipinski definition) is 9. The van der Waals surface area contributed by atoms with Crippen molar-refractivity contribution in [3.63, 3.8) is 0 Å². The lowest BCUT2D eigenvalue weighted by molar-refractivity contribution is -0.118. The minimum atomic E-state index is -2.56. The smallest absolute Gasteiger partial charge is 0.228 e. The molecule has 0 radical (unpaired) electrons. The molecule has 1 saturated heterocycles. The lowest BCUT2D eigenvalue weighted by Crippen LogP contribution is -2.49. The summed E-state index contributed by atoms with van der Waals surface area (Å²) in [7, 11) is 0.674. The quantitative estimate of drug-likeness (QED) is 0.0910. The van der Waals surface area contributed by atoms with E-state index in [2.05, 4.69) is 49.1 Å². The van der Waals surface area contributed by atoms with Gasteiger partial charge in [0, 0.05) is 12.1 Å². The molecule has 2 N–H and O–H groups in total. The first-order valence-electron chi connectivity index (χ1n) is 18.4. The van der Waals surface area contributed by atoms with E-state index in [4.69, 9.17) is 23.4 Å². The van der Waals surface area contributed by atoms with E-state index in [1.807, 2.05) is 78.9 Å². The number of methoxy groups -OCH3 is 2. The molecule has 0 saturated carbocycles. The van der Waals surface area contributed by atoms with Crippen molar-refractivity contribution in [3.05, 3.63) is 114 Å². The van der Waals surface area contributed by atoms with Crippen LogP contribution in [0.1, 0.15) is 57.5 Å². The van der Waals surface area contributed by atoms with Gasteiger partial charge in [-0.2, -0.15) is 0 Å². The van der Waals surface area contributed by atoms with Crippen molar-refractivity contribution in [1.82, 2.24) is 14.5 Å². The maximum absolute atomic E-state index is 16.0. The van der Waals surface area contributed by atoms with E-state index < -0.39 is 44.3 Å². The molecule has 3 aromatic carbocycles. The predicted molar refractivity (Wildman–Crippen MR) is 211 cm³/mol. The van der Waals surface area contributed by atoms with Crippen LogP contribution in [0.5, 0.6) is 11.5 Å². The van der Waals surface area contributed by atoms with Gasteiger partial charge in [0.1, 0.15) is 47.6 Å². The Morgan fingerprint density at radius 1 is 0.927 bits per heavy atom. The Morgan fingerprint density at radius 3 is 2.02 bits per heavy atom. The Bertz CT molecular complexity index is 2040. The van der Waals surface area contributed by atoms with Crippen LogP contribution in [0.2, 0.25) is 18.1 Å². The number of nitrogens with one attached hydrogen (secondary N) is 1. The number of hydrogen-bond donors (Lipinski definition) is 2. The molecule has 1 aliphatic heterocycles. The van der Waals surface area contributed by atoms with E-state index >= 15 is 4.39 Å². The third kappa shape index (κ3) is 7.76. The van der Waals surface area contributed by atoms with Crippen LogP contribution < -0.4 is 14.8 Å². The van der Waals surface area contributed by atoms with E-state index in [0.29, 0.717) is 11.5 Å². The Kier molecular flexibility index (Phi) is 11.5. The fraction of sp³-hybridized carbons (Fsp3) is 0.405. The van der Waals surface area contributed by atoms with Crippen molar-refractivity contribution in [1.29, 1.82) is 0 Å². The molecule has 3 heterocycles. The number of carbonyl (C=O) groups is 1. The highest BCUT2D eigenvalue weighted by Gasteiger charge is 2.52. The molecule has 0 aliphatic carbocycles. The molecular formula is C42H51FN4O7Si. The van der Waals surface area contributed by atoms with Gasteiger partial charge in [0.05, 0.1) is 26.2 Å². The van der Waals surface area contributed by atoms with Crippen molar-refractivity contribution in [2.45, 2.75) is 82.9 Å². The molecular weight excluding hydrogens is 720 g/mol. The number of nitrogens with zero attached hydrogens (tertiary/aromatic N) is 3. The van der Waals surface area contributed by atoms with Gasteiger partial charge < -0.3 is 38.4 Å². The molecule has 5 aromatic rings. The van der Waals surface area contributed by atoms with Crippen LogP contribution in [0.25, 0.3) is 11.0 Å². The van der Waals surface area contributed by atoms with Crippen LogP contribution >= 0.6 is 0 Å². The lowest BCUT2D eigenvalue weighted by atomic mass is 9.80. The normalized spacial score (nSPS) is 19.2. The summed E-state index contributed by atoms with van der Waals surface area (Å²) in [6, 6.07) is 25.2. The van der Waals surface area contributed by atoms with Gasteiger partial charge in [-0.15, -0.1) is 0 Å². The van der Waals surface area contributed by atoms with Crippen molar-refractivity contribution in [2.75, 3.05) is 26.1 Å². The predicted octanol–water partition coefficient (Wildman–Crippen LogP) is 7.84. The van der Waals surface area contributed by atoms with Crippen molar-refractivity contribution >= 4 is 31.1 Å². The van der Waals surface area contributed by atoms with Crippen LogP contribution in [0.4, 0.5) is 10.2 Å². The number of rotatable bonds is 13. The zero-order valence-electron chi connectivity index (χ0n) is 32.9. The molecule has 292 valence electrons. The highest BCUT2D eigenvalue weighted by Crippen LogP contribution is 2.46. The lowest BCUT2D eigenvalue weighted by Gasteiger charge is -2.40. The molecule has 1 fully saturated rings. The van der Waals surface area contributed by atoms with E-state index in [1.165, 1.54) is 17.1 Å². The Balaban J connectivity index is 1.45. The average molecular weight is 771 g/mol. The number of anilines is 1. The first kappa shape index (κ1) is 40.0. The summed E-state index contributed by atoms with van der Waals surface area (Å²) < 4.78 is 49.2. The number of benzene rings is 3. The van der Waals surface area contributed by atoms with Gasteiger partial charge in [-0.05, 0) is 59.1 Å². The van der Waals surface area contributed by atoms with Gasteiger partial charge in [-0.25, -0.2) is 14.4 Å². The summed E-state index contributed by atoms with van der Waals surface area (Å²) in [5.41, 5.74) is 1.47. The summed E-state index contributed by atoms with van der Waals surface area (Å²) in [4.78, 5) is 21.3. The number of aliphatic hydroxyl groups excluding tert-OH is 1. The maximum atomic E-state index is 16.0. The number of halogens is 1. The monoisotopic (exact) mass is 770 g/mol. The minimum absolute atomic E-state index is 0.0301. The van der Waals surface area contributed by atoms with Gasteiger partial charge in [0.2, 0.25) is 5.91 Å². The summed E-state index contributed by atoms with van der Waals surface area (Å²) >= 11 is 0. The van der Waals surface area contributed by atoms with Crippen LogP contribution in [-0.4, -0.2) is 73.0 Å². The fourth-order valence-electron chi connectivity index (χ4n) is 6.59. The topological polar surface area (TPSA) is 126 Å². The Labute approximate surface area is 322 Å². The Morgan fingerprint density at radius 2 is 1.49 bits per heavy atom. The van der Waals surface area contributed by atoms with E-state index in [0.717, 1.165) is 16.7 Å². The fourth-order valence-corrected chi connectivity index (χ4v) is 7.88. The standard InChI is InChI=1S/C42H51FN4O7Si/c1-26(2)39(49)46-37-34-32(43)23-47(38(34)45-25-44-37)40-36(54-55(8,9)41(3,4)5)35(48)33(53-40)24-52-42(27-13-11-10-12-14-27,28-15-19-30(50-6)20-16-28)29-17-21-31(51-7)22-18-29/h10-23,25-26,33,35-36,40,48H,24H2,1-9H3,(H,44,45,46,49)/t33-,35-,36-,40-/m1/s1. The zero-order valence-corrected chi connectivity index (χ0v) is 33.9. The molecule has 11 nitrogen and oxygen atoms in total. The summed E-state index contributed by atoms with van der Waals surface area (Å²) in [5, 5.41) is 14.8. The number of aliphatic hydroxyl groups is 1. The summed E-state index contributed by atoms with van der Waals surface area (Å²) in [5.74, 6) is 0.0975. The number of amides is 1. The second-order valence-corrected chi connectivity index (χ2v) is 20.4. The van der Waals surface area contributed by atoms with Crippen LogP contribution in [-0.2, 0) is 24.3 Å². The molecule has 4 atom stereocenters. The third-order valence-corrected chi connectivity index (χ3v) is 15.3. The van der Waals surface area contributed by atoms with Gasteiger partial charge in [-0.3, -0.25) is 4.79 Å². The molecule has 55 heavy (non-hydrogen) atoms. The van der Waals surface area contributed by atoms with Gasteiger partial charge in [0.25, 0.3) is 0 Å². The number of fused-ring (bicyclic) bond motifs is 1. The van der Waals surface area contributed by atoms with Crippen LogP contribution in [0, 0.1) is 11.7 Å². The molecule has 13 heteroatoms. The summed E-state index contributed by atoms with van der Waals surface area (Å²) in [6.45, 7) is 13.9. The maximum Gasteiger partial charge on any atom is 0.228 e. The molecule has 0 spiro atoms. The van der Waals surface area contributed by atoms with Crippen molar-refractivity contribution < 1.29 is 37.7 Å². The highest BCUT2D eigenvalue weighted by atomic mass is 28.4. The zero-order chi connectivity index (χ0) is 39.7. The SMILES string of the molecule is COc1ccc(C(OC[C@H]2O[C@@H](n3cc(F)c4c(NC(=O)C(C)C)ncnc43)[C@H](O[Si](C)(C)C(C)(C)C)[C@@H]2O)(c2ccccc2)c2ccc(OC)cc2)cc1. The van der Waals surface area contributed by atoms with Crippen molar-refractivity contribution in [3.8, 4) is 11.5 Å². The highest BCUT2D eigenvalue weighted by molar-refractivity contribution is 6.74. The molecule has 2 aromatic heterocycles. The minimum Gasteiger partial charge on any atom is -0.497 e. The van der Waals surface area contributed by atoms with Crippen LogP contribution in [0.15, 0.2) is 91.4 Å². The molecule has 6 rings (SSSR count). The molecule has 0 bridgehead atoms. The van der Waals surface area contributed by atoms with E-state index in [1.54, 1.807) is 28.1 Å². The first-order chi connectivity index (χ1) is 26.1. The third-order valence-electron chi connectivity index (χ3n) is 10.8. The summed E-state index contributed by atoms with van der Waals surface area (Å²) in [6.07, 6.45) is -1.54. The van der Waals surface area contributed by atoms with Gasteiger partial charge >= 0.3 is 0 Å². The van der Waals surface area contributed by atoms with E-state index in [-0.39, 0.29) is 40.3 Å². The second kappa shape index (κ2) is 15.8. The first-order valence-corrected chi connectivity index (χ1v) is 21.3. The van der Waals surface area contributed by atoms with Gasteiger partial charge in [0.15, 0.2) is 26.0 Å².